The number of nitrogens with two attached hydrogens (primary N) is 1. The van der Waals surface area contributed by atoms with Gasteiger partial charge in [0.25, 0.3) is 0 Å². The van der Waals surface area contributed by atoms with Gasteiger partial charge in [0, 0.05) is 12.5 Å². The molecule has 80 valence electrons. The molecule has 2 N–H and O–H groups in total. The molecule has 1 aromatic rings. The van der Waals surface area contributed by atoms with Gasteiger partial charge in [-0.2, -0.15) is 13.2 Å². The van der Waals surface area contributed by atoms with E-state index < -0.39 is 17.2 Å². The SMILES string of the molecule is COCC(N)c1csc(C(F)(F)F)n1. The predicted octanol–water partition coefficient (Wildman–Crippen LogP) is 1.81. The van der Waals surface area contributed by atoms with Gasteiger partial charge >= 0.3 is 6.18 Å². The van der Waals surface area contributed by atoms with Crippen LogP contribution in [0.5, 0.6) is 0 Å². The number of thiazole rings is 1. The van der Waals surface area contributed by atoms with Crippen LogP contribution in [0, 0.1) is 0 Å². The minimum Gasteiger partial charge on any atom is -0.383 e. The van der Waals surface area contributed by atoms with Crippen LogP contribution in [0.1, 0.15) is 16.7 Å². The van der Waals surface area contributed by atoms with Gasteiger partial charge in [0.2, 0.25) is 0 Å². The largest absolute Gasteiger partial charge is 0.443 e. The van der Waals surface area contributed by atoms with Crippen LogP contribution >= 0.6 is 11.3 Å². The molecule has 0 fully saturated rings. The zero-order valence-electron chi connectivity index (χ0n) is 7.34. The van der Waals surface area contributed by atoms with E-state index in [9.17, 15) is 13.2 Å². The van der Waals surface area contributed by atoms with Gasteiger partial charge in [-0.3, -0.25) is 0 Å². The van der Waals surface area contributed by atoms with Gasteiger partial charge in [-0.1, -0.05) is 0 Å². The van der Waals surface area contributed by atoms with Gasteiger partial charge in [0.05, 0.1) is 18.3 Å². The average Bonchev–Trinajstić information content (AvgIpc) is 2.51. The Morgan fingerprint density at radius 2 is 2.29 bits per heavy atom. The van der Waals surface area contributed by atoms with E-state index in [0.717, 1.165) is 0 Å². The molecular weight excluding hydrogens is 217 g/mol. The number of aromatic nitrogens is 1. The molecule has 0 spiro atoms. The second kappa shape index (κ2) is 4.24. The number of halogens is 3. The van der Waals surface area contributed by atoms with Crippen molar-refractivity contribution in [3.8, 4) is 0 Å². The molecule has 1 unspecified atom stereocenters. The highest BCUT2D eigenvalue weighted by molar-refractivity contribution is 7.09. The van der Waals surface area contributed by atoms with Crippen molar-refractivity contribution < 1.29 is 17.9 Å². The topological polar surface area (TPSA) is 48.1 Å². The van der Waals surface area contributed by atoms with Gasteiger partial charge in [-0.05, 0) is 0 Å². The fourth-order valence-corrected chi connectivity index (χ4v) is 1.60. The molecule has 0 amide bonds. The van der Waals surface area contributed by atoms with Crippen molar-refractivity contribution in [1.82, 2.24) is 4.98 Å². The Morgan fingerprint density at radius 3 is 2.71 bits per heavy atom. The highest BCUT2D eigenvalue weighted by atomic mass is 32.1. The van der Waals surface area contributed by atoms with Crippen LogP contribution in [0.25, 0.3) is 0 Å². The first-order valence-electron chi connectivity index (χ1n) is 3.72. The molecule has 0 aliphatic rings. The maximum Gasteiger partial charge on any atom is 0.443 e. The van der Waals surface area contributed by atoms with Crippen molar-refractivity contribution in [2.75, 3.05) is 13.7 Å². The summed E-state index contributed by atoms with van der Waals surface area (Å²) in [7, 11) is 1.43. The predicted molar refractivity (Wildman–Crippen MR) is 45.9 cm³/mol. The monoisotopic (exact) mass is 226 g/mol. The fraction of sp³-hybridized carbons (Fsp3) is 0.571. The van der Waals surface area contributed by atoms with Crippen molar-refractivity contribution >= 4 is 11.3 Å². The molecule has 3 nitrogen and oxygen atoms in total. The minimum atomic E-state index is -4.39. The number of ether oxygens (including phenoxy) is 1. The summed E-state index contributed by atoms with van der Waals surface area (Å²) in [4.78, 5) is 3.39. The average molecular weight is 226 g/mol. The van der Waals surface area contributed by atoms with Crippen LogP contribution < -0.4 is 5.73 Å². The lowest BCUT2D eigenvalue weighted by molar-refractivity contribution is -0.137. The third kappa shape index (κ3) is 2.66. The number of hydrogen-bond donors (Lipinski definition) is 1. The van der Waals surface area contributed by atoms with Crippen molar-refractivity contribution in [2.24, 2.45) is 5.73 Å². The molecule has 7 heteroatoms. The van der Waals surface area contributed by atoms with Crippen LogP contribution in [-0.2, 0) is 10.9 Å². The Labute approximate surface area is 82.7 Å². The van der Waals surface area contributed by atoms with E-state index in [0.29, 0.717) is 11.3 Å². The van der Waals surface area contributed by atoms with Crippen LogP contribution in [0.4, 0.5) is 13.2 Å². The molecule has 0 aromatic carbocycles. The van der Waals surface area contributed by atoms with Crippen molar-refractivity contribution in [1.29, 1.82) is 0 Å². The maximum atomic E-state index is 12.1. The molecule has 0 aliphatic heterocycles. The molecular formula is C7H9F3N2OS. The van der Waals surface area contributed by atoms with Gasteiger partial charge < -0.3 is 10.5 Å². The fourth-order valence-electron chi connectivity index (χ4n) is 0.852. The first-order chi connectivity index (χ1) is 6.45. The standard InChI is InChI=1S/C7H9F3N2OS/c1-13-2-4(11)5-3-14-6(12-5)7(8,9)10/h3-4H,2,11H2,1H3. The van der Waals surface area contributed by atoms with Gasteiger partial charge in [0.1, 0.15) is 0 Å². The van der Waals surface area contributed by atoms with Crippen LogP contribution in [0.15, 0.2) is 5.38 Å². The molecule has 1 rings (SSSR count). The molecule has 0 bridgehead atoms. The van der Waals surface area contributed by atoms with E-state index in [2.05, 4.69) is 4.98 Å². The van der Waals surface area contributed by atoms with Crippen molar-refractivity contribution in [2.45, 2.75) is 12.2 Å². The third-order valence-electron chi connectivity index (χ3n) is 1.49. The number of nitrogens with zero attached hydrogens (tertiary/aromatic N) is 1. The number of alkyl halides is 3. The van der Waals surface area contributed by atoms with Gasteiger partial charge in [0.15, 0.2) is 5.01 Å². The first kappa shape index (κ1) is 11.4. The zero-order valence-corrected chi connectivity index (χ0v) is 8.15. The molecule has 1 heterocycles. The van der Waals surface area contributed by atoms with Crippen LogP contribution in [0.3, 0.4) is 0 Å². The van der Waals surface area contributed by atoms with Gasteiger partial charge in [-0.25, -0.2) is 4.98 Å². The van der Waals surface area contributed by atoms with Crippen molar-refractivity contribution in [3.63, 3.8) is 0 Å². The van der Waals surface area contributed by atoms with E-state index in [4.69, 9.17) is 10.5 Å². The summed E-state index contributed by atoms with van der Waals surface area (Å²) < 4.78 is 41.1. The van der Waals surface area contributed by atoms with Crippen molar-refractivity contribution in [3.05, 3.63) is 16.1 Å². The Kier molecular flexibility index (Phi) is 3.46. The molecule has 14 heavy (non-hydrogen) atoms. The summed E-state index contributed by atoms with van der Waals surface area (Å²) in [5.74, 6) is 0. The Hall–Kier alpha value is -0.660. The second-order valence-corrected chi connectivity index (χ2v) is 3.50. The zero-order chi connectivity index (χ0) is 10.8. The summed E-state index contributed by atoms with van der Waals surface area (Å²) in [6.45, 7) is 0.154. The Balaban J connectivity index is 2.78. The number of rotatable bonds is 3. The molecule has 1 aromatic heterocycles. The van der Waals surface area contributed by atoms with E-state index >= 15 is 0 Å². The summed E-state index contributed by atoms with van der Waals surface area (Å²) in [6, 6.07) is -0.604. The highest BCUT2D eigenvalue weighted by Gasteiger charge is 2.34. The van der Waals surface area contributed by atoms with Gasteiger partial charge in [-0.15, -0.1) is 11.3 Å². The summed E-state index contributed by atoms with van der Waals surface area (Å²) in [5, 5.41) is 0.422. The molecule has 0 saturated carbocycles. The molecule has 0 saturated heterocycles. The lowest BCUT2D eigenvalue weighted by Crippen LogP contribution is -2.17. The lowest BCUT2D eigenvalue weighted by atomic mass is 10.3. The number of hydrogen-bond acceptors (Lipinski definition) is 4. The summed E-state index contributed by atoms with van der Waals surface area (Å²) >= 11 is 0.539. The van der Waals surface area contributed by atoms with E-state index in [1.54, 1.807) is 0 Å². The Bertz CT molecular complexity index is 299. The van der Waals surface area contributed by atoms with Crippen LogP contribution in [0.2, 0.25) is 0 Å². The quantitative estimate of drug-likeness (QED) is 0.855. The van der Waals surface area contributed by atoms with E-state index in [1.165, 1.54) is 12.5 Å². The lowest BCUT2D eigenvalue weighted by Gasteiger charge is -2.06. The second-order valence-electron chi connectivity index (χ2n) is 2.64. The maximum absolute atomic E-state index is 12.1. The van der Waals surface area contributed by atoms with E-state index in [-0.39, 0.29) is 12.3 Å². The first-order valence-corrected chi connectivity index (χ1v) is 4.60. The molecule has 0 radical (unpaired) electrons. The molecule has 1 atom stereocenters. The smallest absolute Gasteiger partial charge is 0.383 e. The summed E-state index contributed by atoms with van der Waals surface area (Å²) in [5.41, 5.74) is 5.73. The summed E-state index contributed by atoms with van der Waals surface area (Å²) in [6.07, 6.45) is -4.39. The normalized spacial score (nSPS) is 14.4. The third-order valence-corrected chi connectivity index (χ3v) is 2.40. The Morgan fingerprint density at radius 1 is 1.64 bits per heavy atom. The number of methoxy groups -OCH3 is 1. The molecule has 0 aliphatic carbocycles. The highest BCUT2D eigenvalue weighted by Crippen LogP contribution is 2.32. The van der Waals surface area contributed by atoms with Crippen LogP contribution in [-0.4, -0.2) is 18.7 Å². The van der Waals surface area contributed by atoms with E-state index in [1.807, 2.05) is 0 Å². The minimum absolute atomic E-state index is 0.154.